The van der Waals surface area contributed by atoms with E-state index in [1.165, 1.54) is 12.1 Å². The van der Waals surface area contributed by atoms with E-state index in [1.54, 1.807) is 30.3 Å². The van der Waals surface area contributed by atoms with Crippen molar-refractivity contribution in [3.63, 3.8) is 0 Å². The van der Waals surface area contributed by atoms with Crippen LogP contribution in [0.2, 0.25) is 0 Å². The predicted octanol–water partition coefficient (Wildman–Crippen LogP) is 5.06. The predicted molar refractivity (Wildman–Crippen MR) is 170 cm³/mol. The number of nitrogens with zero attached hydrogens (tertiary/aromatic N) is 2. The molecule has 2 atom stereocenters. The molecule has 1 aliphatic heterocycles. The van der Waals surface area contributed by atoms with Crippen LogP contribution in [0.5, 0.6) is 0 Å². The number of carbonyl (C=O) groups excluding carboxylic acids is 2. The Balaban J connectivity index is 1.35. The number of imidazole rings is 1. The number of aliphatic hydroxyl groups excluding tert-OH is 1. The number of carbonyl (C=O) groups is 2. The average molecular weight is 599 g/mol. The molecule has 0 spiro atoms. The number of para-hydroxylation sites is 1. The number of rotatable bonds is 11. The van der Waals surface area contributed by atoms with Gasteiger partial charge in [-0.2, -0.15) is 0 Å². The minimum absolute atomic E-state index is 0.128. The molecule has 3 aromatic carbocycles. The number of anilines is 3. The molecule has 0 unspecified atom stereocenters. The lowest BCUT2D eigenvalue weighted by atomic mass is 9.99. The topological polar surface area (TPSA) is 122 Å². The zero-order valence-electron chi connectivity index (χ0n) is 25.2. The first-order valence-corrected chi connectivity index (χ1v) is 14.8. The third-order valence-electron chi connectivity index (χ3n) is 7.70. The molecule has 230 valence electrons. The summed E-state index contributed by atoms with van der Waals surface area (Å²) >= 11 is 0. The van der Waals surface area contributed by atoms with Crippen molar-refractivity contribution in [2.24, 2.45) is 0 Å². The summed E-state index contributed by atoms with van der Waals surface area (Å²) in [4.78, 5) is 36.0. The molecule has 0 aliphatic carbocycles. The number of aromatic nitrogens is 2. The van der Waals surface area contributed by atoms with Crippen LogP contribution in [0.3, 0.4) is 0 Å². The molecule has 0 saturated carbocycles. The van der Waals surface area contributed by atoms with E-state index in [2.05, 4.69) is 25.9 Å². The van der Waals surface area contributed by atoms with Crippen LogP contribution in [-0.2, 0) is 22.6 Å². The highest BCUT2D eigenvalue weighted by Gasteiger charge is 2.33. The van der Waals surface area contributed by atoms with Gasteiger partial charge in [0.1, 0.15) is 11.9 Å². The van der Waals surface area contributed by atoms with Gasteiger partial charge in [-0.25, -0.2) is 9.37 Å². The molecule has 1 aromatic heterocycles. The molecule has 5 rings (SSSR count). The lowest BCUT2D eigenvalue weighted by Gasteiger charge is -2.29. The molecule has 5 N–H and O–H groups in total. The number of fused-ring (bicyclic) bond motifs is 1. The van der Waals surface area contributed by atoms with Gasteiger partial charge in [-0.1, -0.05) is 42.5 Å². The van der Waals surface area contributed by atoms with Crippen molar-refractivity contribution in [2.45, 2.75) is 64.3 Å². The van der Waals surface area contributed by atoms with Crippen LogP contribution < -0.4 is 20.9 Å². The van der Waals surface area contributed by atoms with E-state index in [0.29, 0.717) is 31.0 Å². The number of aliphatic hydroxyl groups is 1. The SMILES string of the molecule is C[C@@H](O)CNC(C)(C)CC(=O)N[C@@H]1CCc2cc(F)ccc2N(Cc2ccc(-c3ccccc3Nc3ncc[nH]3)cc2)C1=O. The van der Waals surface area contributed by atoms with Crippen molar-refractivity contribution in [1.29, 1.82) is 0 Å². The van der Waals surface area contributed by atoms with Crippen molar-refractivity contribution in [2.75, 3.05) is 16.8 Å². The van der Waals surface area contributed by atoms with E-state index in [-0.39, 0.29) is 30.6 Å². The number of amides is 2. The fourth-order valence-electron chi connectivity index (χ4n) is 5.46. The van der Waals surface area contributed by atoms with Crippen molar-refractivity contribution >= 4 is 29.1 Å². The number of H-pyrrole nitrogens is 1. The van der Waals surface area contributed by atoms with Gasteiger partial charge >= 0.3 is 0 Å². The van der Waals surface area contributed by atoms with Gasteiger partial charge in [0.25, 0.3) is 0 Å². The lowest BCUT2D eigenvalue weighted by Crippen LogP contribution is -2.51. The molecule has 1 aliphatic rings. The van der Waals surface area contributed by atoms with Gasteiger partial charge < -0.3 is 30.9 Å². The Kier molecular flexibility index (Phi) is 9.41. The number of β-amino-alcohol motifs (C(OH)–C–C–N with tert-alkyl or cyclic N) is 1. The lowest BCUT2D eigenvalue weighted by molar-refractivity contribution is -0.128. The van der Waals surface area contributed by atoms with Gasteiger partial charge in [-0.15, -0.1) is 0 Å². The van der Waals surface area contributed by atoms with Crippen molar-refractivity contribution in [3.05, 3.63) is 96.1 Å². The number of hydrogen-bond acceptors (Lipinski definition) is 6. The molecule has 0 saturated heterocycles. The largest absolute Gasteiger partial charge is 0.392 e. The Morgan fingerprint density at radius 2 is 1.93 bits per heavy atom. The smallest absolute Gasteiger partial charge is 0.249 e. The van der Waals surface area contributed by atoms with Crippen LogP contribution in [0.25, 0.3) is 11.1 Å². The van der Waals surface area contributed by atoms with Gasteiger partial charge in [0.15, 0.2) is 0 Å². The Hall–Kier alpha value is -4.54. The summed E-state index contributed by atoms with van der Waals surface area (Å²) in [5, 5.41) is 19.0. The highest BCUT2D eigenvalue weighted by molar-refractivity contribution is 6.00. The number of hydrogen-bond donors (Lipinski definition) is 5. The summed E-state index contributed by atoms with van der Waals surface area (Å²) < 4.78 is 14.2. The van der Waals surface area contributed by atoms with E-state index >= 15 is 0 Å². The number of nitrogens with one attached hydrogen (secondary N) is 4. The Bertz CT molecular complexity index is 1590. The second kappa shape index (κ2) is 13.4. The number of aromatic amines is 1. The minimum atomic E-state index is -0.760. The monoisotopic (exact) mass is 598 g/mol. The molecular formula is C34H39FN6O3. The van der Waals surface area contributed by atoms with E-state index in [1.807, 2.05) is 62.4 Å². The van der Waals surface area contributed by atoms with E-state index in [9.17, 15) is 19.1 Å². The quantitative estimate of drug-likeness (QED) is 0.165. The van der Waals surface area contributed by atoms with Crippen molar-refractivity contribution in [3.8, 4) is 11.1 Å². The molecule has 0 bridgehead atoms. The molecule has 44 heavy (non-hydrogen) atoms. The second-order valence-electron chi connectivity index (χ2n) is 12.0. The van der Waals surface area contributed by atoms with Crippen LogP contribution in [0.4, 0.5) is 21.7 Å². The third kappa shape index (κ3) is 7.69. The summed E-state index contributed by atoms with van der Waals surface area (Å²) in [5.41, 5.74) is 4.57. The summed E-state index contributed by atoms with van der Waals surface area (Å²) in [7, 11) is 0. The number of aryl methyl sites for hydroxylation is 1. The molecular weight excluding hydrogens is 559 g/mol. The molecule has 9 nitrogen and oxygen atoms in total. The maximum absolute atomic E-state index is 14.2. The maximum Gasteiger partial charge on any atom is 0.249 e. The number of benzene rings is 3. The normalized spacial score (nSPS) is 15.8. The van der Waals surface area contributed by atoms with E-state index in [0.717, 1.165) is 27.9 Å². The first-order valence-electron chi connectivity index (χ1n) is 14.8. The van der Waals surface area contributed by atoms with Crippen LogP contribution >= 0.6 is 0 Å². The Labute approximate surface area is 256 Å². The van der Waals surface area contributed by atoms with Crippen molar-refractivity contribution < 1.29 is 19.1 Å². The van der Waals surface area contributed by atoms with Gasteiger partial charge in [0.2, 0.25) is 17.8 Å². The third-order valence-corrected chi connectivity index (χ3v) is 7.70. The molecule has 4 aromatic rings. The first kappa shape index (κ1) is 30.9. The van der Waals surface area contributed by atoms with E-state index in [4.69, 9.17) is 0 Å². The van der Waals surface area contributed by atoms with Crippen molar-refractivity contribution in [1.82, 2.24) is 20.6 Å². The zero-order chi connectivity index (χ0) is 31.3. The molecule has 10 heteroatoms. The van der Waals surface area contributed by atoms with Crippen LogP contribution in [0, 0.1) is 5.82 Å². The van der Waals surface area contributed by atoms with Gasteiger partial charge in [-0.3, -0.25) is 9.59 Å². The fraction of sp³-hybridized carbons (Fsp3) is 0.324. The van der Waals surface area contributed by atoms with Crippen LogP contribution in [0.1, 0.15) is 44.7 Å². The summed E-state index contributed by atoms with van der Waals surface area (Å²) in [6, 6.07) is 19.6. The molecule has 0 fully saturated rings. The summed E-state index contributed by atoms with van der Waals surface area (Å²) in [6.45, 7) is 6.04. The van der Waals surface area contributed by atoms with Gasteiger partial charge in [-0.05, 0) is 74.6 Å². The van der Waals surface area contributed by atoms with Gasteiger partial charge in [0.05, 0.1) is 12.6 Å². The highest BCUT2D eigenvalue weighted by atomic mass is 19.1. The first-order chi connectivity index (χ1) is 21.1. The van der Waals surface area contributed by atoms with Crippen LogP contribution in [-0.4, -0.2) is 51.1 Å². The fourth-order valence-corrected chi connectivity index (χ4v) is 5.46. The highest BCUT2D eigenvalue weighted by Crippen LogP contribution is 2.32. The number of halogens is 1. The molecule has 2 heterocycles. The summed E-state index contributed by atoms with van der Waals surface area (Å²) in [5.74, 6) is -0.231. The average Bonchev–Trinajstić information content (AvgIpc) is 3.47. The van der Waals surface area contributed by atoms with Crippen LogP contribution in [0.15, 0.2) is 79.1 Å². The Morgan fingerprint density at radius 3 is 2.66 bits per heavy atom. The second-order valence-corrected chi connectivity index (χ2v) is 12.0. The minimum Gasteiger partial charge on any atom is -0.392 e. The standard InChI is InChI=1S/C34H39FN6O3/c1-22(42)20-38-34(2,3)19-31(43)39-29-14-12-25-18-26(35)13-15-30(25)41(32(29)44)21-23-8-10-24(11-9-23)27-6-4-5-7-28(27)40-33-36-16-17-37-33/h4-11,13,15-18,22,29,38,42H,12,14,19-21H2,1-3H3,(H,39,43)(H2,36,37,40)/t22-,29-/m1/s1. The molecule has 2 amide bonds. The molecule has 0 radical (unpaired) electrons. The van der Waals surface area contributed by atoms with E-state index < -0.39 is 17.7 Å². The van der Waals surface area contributed by atoms with Gasteiger partial charge in [0, 0.05) is 47.8 Å². The summed E-state index contributed by atoms with van der Waals surface area (Å²) in [6.07, 6.45) is 3.83. The maximum atomic E-state index is 14.2. The Morgan fingerprint density at radius 1 is 1.16 bits per heavy atom. The zero-order valence-corrected chi connectivity index (χ0v) is 25.2.